The van der Waals surface area contributed by atoms with Crippen LogP contribution in [0.2, 0.25) is 0 Å². The van der Waals surface area contributed by atoms with E-state index in [1.54, 1.807) is 7.11 Å². The van der Waals surface area contributed by atoms with Crippen molar-refractivity contribution in [3.8, 4) is 11.1 Å². The Morgan fingerprint density at radius 3 is 2.64 bits per heavy atom. The number of benzene rings is 1. The molecule has 28 heavy (non-hydrogen) atoms. The van der Waals surface area contributed by atoms with E-state index in [9.17, 15) is 9.90 Å². The number of aromatic nitrogens is 2. The number of rotatable bonds is 8. The molecule has 2 aromatic heterocycles. The largest absolute Gasteiger partial charge is 0.389 e. The molecule has 3 rings (SSSR count). The highest BCUT2D eigenvalue weighted by Gasteiger charge is 2.18. The molecule has 0 spiro atoms. The quantitative estimate of drug-likeness (QED) is 0.606. The maximum absolute atomic E-state index is 12.8. The standard InChI is InChI=1S/C21H27N3O3S/c1-13(2)24(9-16(25)11-27-4)10-18-22-20(26)19-17(12-28-21(19)23-18)15-7-5-14(3)6-8-15/h5-8,12-13,16,25H,9-11H2,1-4H3,(H,22,23,26). The lowest BCUT2D eigenvalue weighted by Crippen LogP contribution is -2.39. The van der Waals surface area contributed by atoms with E-state index in [-0.39, 0.29) is 18.2 Å². The van der Waals surface area contributed by atoms with Crippen LogP contribution in [0.3, 0.4) is 0 Å². The van der Waals surface area contributed by atoms with Crippen molar-refractivity contribution < 1.29 is 9.84 Å². The van der Waals surface area contributed by atoms with Crippen LogP contribution in [0.25, 0.3) is 21.3 Å². The Bertz CT molecular complexity index is 979. The van der Waals surface area contributed by atoms with Gasteiger partial charge in [0.15, 0.2) is 0 Å². The van der Waals surface area contributed by atoms with Crippen LogP contribution in [-0.2, 0) is 11.3 Å². The van der Waals surface area contributed by atoms with Crippen molar-refractivity contribution in [3.05, 3.63) is 51.4 Å². The molecular formula is C21H27N3O3S. The molecule has 0 aliphatic rings. The maximum atomic E-state index is 12.8. The van der Waals surface area contributed by atoms with Crippen LogP contribution in [-0.4, -0.2) is 52.4 Å². The van der Waals surface area contributed by atoms with E-state index in [0.717, 1.165) is 16.0 Å². The summed E-state index contributed by atoms with van der Waals surface area (Å²) in [7, 11) is 1.57. The molecule has 2 N–H and O–H groups in total. The lowest BCUT2D eigenvalue weighted by atomic mass is 10.1. The number of aryl methyl sites for hydroxylation is 1. The Labute approximate surface area is 168 Å². The monoisotopic (exact) mass is 401 g/mol. The molecule has 0 radical (unpaired) electrons. The Kier molecular flexibility index (Phi) is 6.61. The van der Waals surface area contributed by atoms with Crippen LogP contribution < -0.4 is 5.56 Å². The first-order chi connectivity index (χ1) is 13.4. The summed E-state index contributed by atoms with van der Waals surface area (Å²) in [5.74, 6) is 0.605. The van der Waals surface area contributed by atoms with Gasteiger partial charge in [-0.2, -0.15) is 0 Å². The molecule has 1 atom stereocenters. The van der Waals surface area contributed by atoms with E-state index in [1.807, 2.05) is 36.6 Å². The number of aliphatic hydroxyl groups is 1. The average molecular weight is 402 g/mol. The van der Waals surface area contributed by atoms with E-state index in [2.05, 4.69) is 28.7 Å². The molecule has 150 valence electrons. The number of nitrogens with one attached hydrogen (secondary N) is 1. The predicted octanol–water partition coefficient (Wildman–Crippen LogP) is 3.18. The summed E-state index contributed by atoms with van der Waals surface area (Å²) in [6, 6.07) is 8.34. The molecule has 2 heterocycles. The van der Waals surface area contributed by atoms with Crippen LogP contribution >= 0.6 is 11.3 Å². The van der Waals surface area contributed by atoms with E-state index in [4.69, 9.17) is 4.74 Å². The Balaban J connectivity index is 1.90. The summed E-state index contributed by atoms with van der Waals surface area (Å²) in [5.41, 5.74) is 2.99. The molecule has 1 unspecified atom stereocenters. The normalized spacial score (nSPS) is 13.0. The third kappa shape index (κ3) is 4.67. The highest BCUT2D eigenvalue weighted by molar-refractivity contribution is 7.17. The summed E-state index contributed by atoms with van der Waals surface area (Å²) < 4.78 is 5.01. The van der Waals surface area contributed by atoms with Crippen molar-refractivity contribution in [1.29, 1.82) is 0 Å². The molecule has 3 aromatic rings. The average Bonchev–Trinajstić information content (AvgIpc) is 3.06. The molecular weight excluding hydrogens is 374 g/mol. The van der Waals surface area contributed by atoms with Crippen molar-refractivity contribution in [2.24, 2.45) is 0 Å². The van der Waals surface area contributed by atoms with Gasteiger partial charge in [-0.25, -0.2) is 4.98 Å². The van der Waals surface area contributed by atoms with Crippen LogP contribution in [0.5, 0.6) is 0 Å². The smallest absolute Gasteiger partial charge is 0.260 e. The topological polar surface area (TPSA) is 78.5 Å². The van der Waals surface area contributed by atoms with Crippen molar-refractivity contribution in [1.82, 2.24) is 14.9 Å². The van der Waals surface area contributed by atoms with Gasteiger partial charge in [0, 0.05) is 30.6 Å². The predicted molar refractivity (Wildman–Crippen MR) is 114 cm³/mol. The fourth-order valence-electron chi connectivity index (χ4n) is 3.18. The van der Waals surface area contributed by atoms with Gasteiger partial charge in [0.2, 0.25) is 0 Å². The van der Waals surface area contributed by atoms with Gasteiger partial charge >= 0.3 is 0 Å². The van der Waals surface area contributed by atoms with Crippen LogP contribution in [0.1, 0.15) is 25.2 Å². The van der Waals surface area contributed by atoms with Crippen LogP contribution in [0.15, 0.2) is 34.4 Å². The minimum atomic E-state index is -0.585. The first-order valence-electron chi connectivity index (χ1n) is 9.37. The van der Waals surface area contributed by atoms with E-state index in [0.29, 0.717) is 24.3 Å². The number of hydrogen-bond donors (Lipinski definition) is 2. The second-order valence-corrected chi connectivity index (χ2v) is 8.20. The maximum Gasteiger partial charge on any atom is 0.260 e. The molecule has 0 amide bonds. The first kappa shape index (κ1) is 20.7. The van der Waals surface area contributed by atoms with Gasteiger partial charge in [-0.15, -0.1) is 11.3 Å². The number of methoxy groups -OCH3 is 1. The van der Waals surface area contributed by atoms with Crippen molar-refractivity contribution in [2.75, 3.05) is 20.3 Å². The summed E-state index contributed by atoms with van der Waals surface area (Å²) >= 11 is 1.48. The molecule has 0 aliphatic heterocycles. The number of hydrogen-bond acceptors (Lipinski definition) is 6. The van der Waals surface area contributed by atoms with Crippen molar-refractivity contribution >= 4 is 21.6 Å². The fourth-order valence-corrected chi connectivity index (χ4v) is 4.15. The number of ether oxygens (including phenoxy) is 1. The first-order valence-corrected chi connectivity index (χ1v) is 10.3. The summed E-state index contributed by atoms with van der Waals surface area (Å²) in [6.45, 7) is 7.33. The van der Waals surface area contributed by atoms with Crippen LogP contribution in [0.4, 0.5) is 0 Å². The highest BCUT2D eigenvalue weighted by Crippen LogP contribution is 2.30. The Morgan fingerprint density at radius 2 is 2.00 bits per heavy atom. The Hall–Kier alpha value is -2.06. The van der Waals surface area contributed by atoms with Crippen molar-refractivity contribution in [2.45, 2.75) is 39.5 Å². The third-order valence-corrected chi connectivity index (χ3v) is 5.62. The zero-order chi connectivity index (χ0) is 20.3. The van der Waals surface area contributed by atoms with Gasteiger partial charge in [-0.3, -0.25) is 9.69 Å². The zero-order valence-corrected chi connectivity index (χ0v) is 17.5. The number of aliphatic hydroxyl groups excluding tert-OH is 1. The SMILES string of the molecule is COCC(O)CN(Cc1nc2scc(-c3ccc(C)cc3)c2c(=O)[nH]1)C(C)C. The molecule has 0 bridgehead atoms. The zero-order valence-electron chi connectivity index (χ0n) is 16.7. The molecule has 0 saturated carbocycles. The van der Waals surface area contributed by atoms with Crippen molar-refractivity contribution in [3.63, 3.8) is 0 Å². The summed E-state index contributed by atoms with van der Waals surface area (Å²) in [5, 5.41) is 12.7. The van der Waals surface area contributed by atoms with Crippen LogP contribution in [0, 0.1) is 6.92 Å². The fraction of sp³-hybridized carbons (Fsp3) is 0.429. The van der Waals surface area contributed by atoms with E-state index < -0.39 is 6.10 Å². The van der Waals surface area contributed by atoms with Gasteiger partial charge in [0.1, 0.15) is 10.7 Å². The number of thiophene rings is 1. The Morgan fingerprint density at radius 1 is 1.29 bits per heavy atom. The highest BCUT2D eigenvalue weighted by atomic mass is 32.1. The van der Waals surface area contributed by atoms with Gasteiger partial charge in [0.05, 0.1) is 24.6 Å². The summed E-state index contributed by atoms with van der Waals surface area (Å²) in [4.78, 5) is 23.2. The second kappa shape index (κ2) is 8.96. The third-order valence-electron chi connectivity index (χ3n) is 4.74. The molecule has 0 fully saturated rings. The van der Waals surface area contributed by atoms with E-state index in [1.165, 1.54) is 16.9 Å². The molecule has 6 nitrogen and oxygen atoms in total. The van der Waals surface area contributed by atoms with Gasteiger partial charge in [-0.05, 0) is 26.3 Å². The van der Waals surface area contributed by atoms with Gasteiger partial charge < -0.3 is 14.8 Å². The molecule has 0 saturated heterocycles. The minimum absolute atomic E-state index is 0.127. The number of H-pyrrole nitrogens is 1. The molecule has 0 aliphatic carbocycles. The molecule has 7 heteroatoms. The lowest BCUT2D eigenvalue weighted by molar-refractivity contribution is 0.0272. The van der Waals surface area contributed by atoms with Gasteiger partial charge in [0.25, 0.3) is 5.56 Å². The minimum Gasteiger partial charge on any atom is -0.389 e. The lowest BCUT2D eigenvalue weighted by Gasteiger charge is -2.27. The summed E-state index contributed by atoms with van der Waals surface area (Å²) in [6.07, 6.45) is -0.585. The number of aromatic amines is 1. The number of nitrogens with zero attached hydrogens (tertiary/aromatic N) is 2. The van der Waals surface area contributed by atoms with E-state index >= 15 is 0 Å². The second-order valence-electron chi connectivity index (χ2n) is 7.34. The molecule has 1 aromatic carbocycles. The number of fused-ring (bicyclic) bond motifs is 1. The van der Waals surface area contributed by atoms with Gasteiger partial charge in [-0.1, -0.05) is 29.8 Å².